The van der Waals surface area contributed by atoms with Crippen molar-refractivity contribution in [2.24, 2.45) is 0 Å². The molecule has 0 radical (unpaired) electrons. The molecular formula is C17H22N4O4. The minimum atomic E-state index is -0.483. The van der Waals surface area contributed by atoms with Crippen LogP contribution >= 0.6 is 0 Å². The van der Waals surface area contributed by atoms with Crippen molar-refractivity contribution in [1.82, 2.24) is 16.2 Å². The molecule has 3 rings (SSSR count). The smallest absolute Gasteiger partial charge is 0.333 e. The van der Waals surface area contributed by atoms with Crippen LogP contribution in [0.25, 0.3) is 0 Å². The molecule has 0 aromatic heterocycles. The van der Waals surface area contributed by atoms with E-state index in [4.69, 9.17) is 4.74 Å². The molecule has 0 spiro atoms. The van der Waals surface area contributed by atoms with Crippen LogP contribution in [0.15, 0.2) is 24.3 Å². The third kappa shape index (κ3) is 4.40. The third-order valence-electron chi connectivity index (χ3n) is 4.37. The molecule has 0 bridgehead atoms. The quantitative estimate of drug-likeness (QED) is 0.713. The number of anilines is 1. The van der Waals surface area contributed by atoms with Crippen LogP contribution in [0.5, 0.6) is 5.75 Å². The zero-order chi connectivity index (χ0) is 17.6. The Morgan fingerprint density at radius 2 is 1.88 bits per heavy atom. The largest absolute Gasteiger partial charge is 0.482 e. The van der Waals surface area contributed by atoms with E-state index >= 15 is 0 Å². The van der Waals surface area contributed by atoms with Crippen molar-refractivity contribution in [2.75, 3.05) is 18.1 Å². The highest BCUT2D eigenvalue weighted by atomic mass is 16.5. The van der Waals surface area contributed by atoms with E-state index in [1.165, 1.54) is 11.3 Å². The molecule has 0 atom stereocenters. The van der Waals surface area contributed by atoms with Crippen LogP contribution in [-0.4, -0.2) is 37.0 Å². The Morgan fingerprint density at radius 1 is 1.12 bits per heavy atom. The molecule has 4 amide bonds. The summed E-state index contributed by atoms with van der Waals surface area (Å²) in [6.07, 6.45) is 5.33. The summed E-state index contributed by atoms with van der Waals surface area (Å²) in [5, 5.41) is 2.84. The van der Waals surface area contributed by atoms with Gasteiger partial charge >= 0.3 is 6.03 Å². The van der Waals surface area contributed by atoms with Crippen molar-refractivity contribution in [2.45, 2.75) is 38.1 Å². The van der Waals surface area contributed by atoms with Crippen LogP contribution in [0.4, 0.5) is 10.5 Å². The van der Waals surface area contributed by atoms with Gasteiger partial charge < -0.3 is 10.1 Å². The maximum absolute atomic E-state index is 12.1. The van der Waals surface area contributed by atoms with Crippen LogP contribution in [0, 0.1) is 0 Å². The first-order valence-corrected chi connectivity index (χ1v) is 8.51. The van der Waals surface area contributed by atoms with Gasteiger partial charge in [-0.1, -0.05) is 31.4 Å². The molecule has 1 aromatic rings. The fraction of sp³-hybridized carbons (Fsp3) is 0.471. The van der Waals surface area contributed by atoms with Gasteiger partial charge in [0, 0.05) is 6.04 Å². The Balaban J connectivity index is 1.49. The zero-order valence-electron chi connectivity index (χ0n) is 13.9. The average Bonchev–Trinajstić information content (AvgIpc) is 2.63. The lowest BCUT2D eigenvalue weighted by molar-refractivity contribution is -0.125. The van der Waals surface area contributed by atoms with E-state index in [0.29, 0.717) is 11.4 Å². The molecule has 0 unspecified atom stereocenters. The number of fused-ring (bicyclic) bond motifs is 1. The molecule has 1 saturated carbocycles. The highest BCUT2D eigenvalue weighted by molar-refractivity contribution is 6.02. The van der Waals surface area contributed by atoms with Gasteiger partial charge in [0.15, 0.2) is 6.61 Å². The molecule has 8 heteroatoms. The number of carbonyl (C=O) groups excluding carboxylic acids is 3. The van der Waals surface area contributed by atoms with Gasteiger partial charge in [0.2, 0.25) is 0 Å². The normalized spacial score (nSPS) is 17.3. The van der Waals surface area contributed by atoms with Crippen LogP contribution in [0.3, 0.4) is 0 Å². The van der Waals surface area contributed by atoms with E-state index < -0.39 is 11.9 Å². The molecule has 1 fully saturated rings. The van der Waals surface area contributed by atoms with Crippen molar-refractivity contribution in [3.63, 3.8) is 0 Å². The van der Waals surface area contributed by atoms with Crippen molar-refractivity contribution >= 4 is 23.5 Å². The van der Waals surface area contributed by atoms with Crippen molar-refractivity contribution < 1.29 is 19.1 Å². The first-order valence-electron chi connectivity index (χ1n) is 8.51. The number of hydrogen-bond acceptors (Lipinski definition) is 4. The summed E-state index contributed by atoms with van der Waals surface area (Å²) < 4.78 is 5.33. The van der Waals surface area contributed by atoms with Crippen molar-refractivity contribution in [3.8, 4) is 5.75 Å². The monoisotopic (exact) mass is 346 g/mol. The van der Waals surface area contributed by atoms with Gasteiger partial charge in [-0.15, -0.1) is 0 Å². The van der Waals surface area contributed by atoms with Gasteiger partial charge in [0.25, 0.3) is 11.8 Å². The number of urea groups is 1. The Bertz CT molecular complexity index is 658. The first kappa shape index (κ1) is 17.1. The molecule has 0 saturated heterocycles. The standard InChI is InChI=1S/C17H22N4O4/c22-15(19-20-17(24)18-12-6-2-1-3-7-12)10-21-13-8-4-5-9-14(13)25-11-16(21)23/h4-5,8-9,12H,1-3,6-7,10-11H2,(H,19,22)(H2,18,20,24). The number of carbonyl (C=O) groups is 3. The molecule has 8 nitrogen and oxygen atoms in total. The van der Waals surface area contributed by atoms with Crippen LogP contribution in [-0.2, 0) is 9.59 Å². The summed E-state index contributed by atoms with van der Waals surface area (Å²) in [4.78, 5) is 37.3. The van der Waals surface area contributed by atoms with Gasteiger partial charge in [-0.05, 0) is 25.0 Å². The maximum Gasteiger partial charge on any atom is 0.333 e. The molecule has 1 aliphatic carbocycles. The fourth-order valence-corrected chi connectivity index (χ4v) is 3.11. The van der Waals surface area contributed by atoms with Crippen LogP contribution < -0.4 is 25.8 Å². The summed E-state index contributed by atoms with van der Waals surface area (Å²) in [6, 6.07) is 6.73. The Morgan fingerprint density at radius 3 is 2.68 bits per heavy atom. The first-order chi connectivity index (χ1) is 12.1. The molecule has 134 valence electrons. The molecule has 1 aromatic carbocycles. The van der Waals surface area contributed by atoms with Gasteiger partial charge in [-0.3, -0.25) is 19.9 Å². The summed E-state index contributed by atoms with van der Waals surface area (Å²) in [6.45, 7) is -0.303. The number of nitrogens with zero attached hydrogens (tertiary/aromatic N) is 1. The predicted molar refractivity (Wildman–Crippen MR) is 91.0 cm³/mol. The van der Waals surface area contributed by atoms with Crippen LogP contribution in [0.1, 0.15) is 32.1 Å². The van der Waals surface area contributed by atoms with Gasteiger partial charge in [0.05, 0.1) is 5.69 Å². The summed E-state index contributed by atoms with van der Waals surface area (Å²) in [7, 11) is 0. The van der Waals surface area contributed by atoms with Crippen LogP contribution in [0.2, 0.25) is 0 Å². The highest BCUT2D eigenvalue weighted by Crippen LogP contribution is 2.31. The molecule has 25 heavy (non-hydrogen) atoms. The van der Waals surface area contributed by atoms with Gasteiger partial charge in [0.1, 0.15) is 12.3 Å². The second-order valence-corrected chi connectivity index (χ2v) is 6.22. The van der Waals surface area contributed by atoms with E-state index in [2.05, 4.69) is 16.2 Å². The van der Waals surface area contributed by atoms with E-state index in [-0.39, 0.29) is 25.1 Å². The minimum absolute atomic E-state index is 0.111. The summed E-state index contributed by atoms with van der Waals surface area (Å²) in [5.41, 5.74) is 5.22. The second kappa shape index (κ2) is 7.87. The summed E-state index contributed by atoms with van der Waals surface area (Å²) >= 11 is 0. The third-order valence-corrected chi connectivity index (χ3v) is 4.37. The van der Waals surface area contributed by atoms with Crippen molar-refractivity contribution in [1.29, 1.82) is 0 Å². The number of hydrogen-bond donors (Lipinski definition) is 3. The molecule has 1 aliphatic heterocycles. The van der Waals surface area contributed by atoms with E-state index in [1.807, 2.05) is 0 Å². The minimum Gasteiger partial charge on any atom is -0.482 e. The molecular weight excluding hydrogens is 324 g/mol. The highest BCUT2D eigenvalue weighted by Gasteiger charge is 2.27. The number of nitrogens with one attached hydrogen (secondary N) is 3. The number of rotatable bonds is 3. The lowest BCUT2D eigenvalue weighted by Crippen LogP contribution is -2.53. The maximum atomic E-state index is 12.1. The van der Waals surface area contributed by atoms with E-state index in [9.17, 15) is 14.4 Å². The number of para-hydroxylation sites is 2. The molecule has 2 aliphatic rings. The lowest BCUT2D eigenvalue weighted by Gasteiger charge is -2.28. The van der Waals surface area contributed by atoms with E-state index in [0.717, 1.165) is 25.7 Å². The average molecular weight is 346 g/mol. The Kier molecular flexibility index (Phi) is 5.37. The van der Waals surface area contributed by atoms with E-state index in [1.54, 1.807) is 24.3 Å². The van der Waals surface area contributed by atoms with Gasteiger partial charge in [-0.2, -0.15) is 0 Å². The lowest BCUT2D eigenvalue weighted by atomic mass is 9.96. The topological polar surface area (TPSA) is 99.8 Å². The number of ether oxygens (including phenoxy) is 1. The Labute approximate surface area is 145 Å². The van der Waals surface area contributed by atoms with Crippen molar-refractivity contribution in [3.05, 3.63) is 24.3 Å². The summed E-state index contributed by atoms with van der Waals surface area (Å²) in [5.74, 6) is -0.234. The number of hydrazine groups is 1. The number of benzene rings is 1. The number of amides is 4. The predicted octanol–water partition coefficient (Wildman–Crippen LogP) is 1.08. The second-order valence-electron chi connectivity index (χ2n) is 6.22. The zero-order valence-corrected chi connectivity index (χ0v) is 13.9. The molecule has 3 N–H and O–H groups in total. The fourth-order valence-electron chi connectivity index (χ4n) is 3.11. The van der Waals surface area contributed by atoms with Gasteiger partial charge in [-0.25, -0.2) is 10.2 Å². The SMILES string of the molecule is O=C(CN1C(=O)COc2ccccc21)NNC(=O)NC1CCCCC1. The Hall–Kier alpha value is -2.77. The molecule has 1 heterocycles.